The van der Waals surface area contributed by atoms with Crippen LogP contribution in [0.25, 0.3) is 0 Å². The summed E-state index contributed by atoms with van der Waals surface area (Å²) < 4.78 is 5.57. The third-order valence-corrected chi connectivity index (χ3v) is 3.09. The molecule has 116 valence electrons. The molecular weight excluding hydrogens is 278 g/mol. The molecule has 0 bridgehead atoms. The summed E-state index contributed by atoms with van der Waals surface area (Å²) in [7, 11) is 0. The second-order valence-electron chi connectivity index (χ2n) is 5.15. The number of ether oxygens (including phenoxy) is 1. The number of aryl methyl sites for hydroxylation is 2. The lowest BCUT2D eigenvalue weighted by atomic mass is 10.2. The summed E-state index contributed by atoms with van der Waals surface area (Å²) in [6.07, 6.45) is 2.11. The predicted molar refractivity (Wildman–Crippen MR) is 86.3 cm³/mol. The Labute approximate surface area is 130 Å². The second-order valence-corrected chi connectivity index (χ2v) is 5.15. The largest absolute Gasteiger partial charge is 0.494 e. The summed E-state index contributed by atoms with van der Waals surface area (Å²) in [4.78, 5) is 20.6. The molecule has 1 heterocycles. The van der Waals surface area contributed by atoms with Gasteiger partial charge in [0.1, 0.15) is 5.75 Å². The van der Waals surface area contributed by atoms with Gasteiger partial charge in [0.2, 0.25) is 5.95 Å². The zero-order chi connectivity index (χ0) is 15.9. The first-order valence-electron chi connectivity index (χ1n) is 7.45. The minimum absolute atomic E-state index is 0.231. The Balaban J connectivity index is 2.00. The van der Waals surface area contributed by atoms with Crippen LogP contribution in [0.5, 0.6) is 5.75 Å². The fourth-order valence-corrected chi connectivity index (χ4v) is 1.99. The fourth-order valence-electron chi connectivity index (χ4n) is 1.99. The zero-order valence-electron chi connectivity index (χ0n) is 13.2. The van der Waals surface area contributed by atoms with Crippen molar-refractivity contribution < 1.29 is 9.53 Å². The monoisotopic (exact) mass is 299 g/mol. The summed E-state index contributed by atoms with van der Waals surface area (Å²) >= 11 is 0. The second kappa shape index (κ2) is 7.54. The van der Waals surface area contributed by atoms with Crippen LogP contribution in [0.1, 0.15) is 41.5 Å². The molecule has 2 rings (SSSR count). The Hall–Kier alpha value is -2.43. The highest BCUT2D eigenvalue weighted by Crippen LogP contribution is 2.14. The van der Waals surface area contributed by atoms with Crippen LogP contribution in [0, 0.1) is 13.8 Å². The van der Waals surface area contributed by atoms with Gasteiger partial charge in [-0.1, -0.05) is 13.3 Å². The van der Waals surface area contributed by atoms with Gasteiger partial charge in [0.25, 0.3) is 5.91 Å². The first-order valence-corrected chi connectivity index (χ1v) is 7.45. The molecule has 0 saturated heterocycles. The van der Waals surface area contributed by atoms with Crippen molar-refractivity contribution in [2.45, 2.75) is 33.6 Å². The van der Waals surface area contributed by atoms with Gasteiger partial charge in [-0.25, -0.2) is 9.97 Å². The summed E-state index contributed by atoms with van der Waals surface area (Å²) in [5.74, 6) is 0.864. The van der Waals surface area contributed by atoms with Gasteiger partial charge in [-0.2, -0.15) is 0 Å². The van der Waals surface area contributed by atoms with Crippen molar-refractivity contribution in [3.63, 3.8) is 0 Å². The smallest absolute Gasteiger partial charge is 0.258 e. The average Bonchev–Trinajstić information content (AvgIpc) is 2.47. The van der Waals surface area contributed by atoms with Crippen molar-refractivity contribution in [3.05, 3.63) is 47.3 Å². The number of benzene rings is 1. The number of anilines is 1. The van der Waals surface area contributed by atoms with Crippen molar-refractivity contribution in [3.8, 4) is 5.75 Å². The molecule has 0 unspecified atom stereocenters. The minimum Gasteiger partial charge on any atom is -0.494 e. The fraction of sp³-hybridized carbons (Fsp3) is 0.353. The maximum absolute atomic E-state index is 12.2. The maximum atomic E-state index is 12.2. The number of unbranched alkanes of at least 4 members (excludes halogenated alkanes) is 1. The molecule has 1 aromatic carbocycles. The highest BCUT2D eigenvalue weighted by molar-refractivity contribution is 6.03. The molecule has 0 atom stereocenters. The SMILES string of the molecule is CCCCOc1ccc(C(=O)Nc2nc(C)cc(C)n2)cc1. The minimum atomic E-state index is -0.231. The third-order valence-electron chi connectivity index (χ3n) is 3.09. The van der Waals surface area contributed by atoms with Crippen molar-refractivity contribution in [2.24, 2.45) is 0 Å². The summed E-state index contributed by atoms with van der Waals surface area (Å²) in [6.45, 7) is 6.55. The predicted octanol–water partition coefficient (Wildman–Crippen LogP) is 3.52. The molecule has 0 radical (unpaired) electrons. The zero-order valence-corrected chi connectivity index (χ0v) is 13.2. The van der Waals surface area contributed by atoms with Gasteiger partial charge in [0.05, 0.1) is 6.61 Å². The summed E-state index contributed by atoms with van der Waals surface area (Å²) in [6, 6.07) is 8.93. The molecule has 1 N–H and O–H groups in total. The first-order chi connectivity index (χ1) is 10.6. The molecule has 0 aliphatic carbocycles. The van der Waals surface area contributed by atoms with Gasteiger partial charge < -0.3 is 4.74 Å². The Kier molecular flexibility index (Phi) is 5.47. The van der Waals surface area contributed by atoms with Gasteiger partial charge in [-0.3, -0.25) is 10.1 Å². The van der Waals surface area contributed by atoms with E-state index in [0.717, 1.165) is 30.0 Å². The van der Waals surface area contributed by atoms with Gasteiger partial charge >= 0.3 is 0 Å². The van der Waals surface area contributed by atoms with Crippen LogP contribution in [0.15, 0.2) is 30.3 Å². The molecule has 0 aliphatic rings. The topological polar surface area (TPSA) is 64.1 Å². The molecule has 1 amide bonds. The first kappa shape index (κ1) is 15.9. The van der Waals surface area contributed by atoms with E-state index in [1.54, 1.807) is 24.3 Å². The molecule has 22 heavy (non-hydrogen) atoms. The van der Waals surface area contributed by atoms with E-state index in [0.29, 0.717) is 18.1 Å². The molecular formula is C17H21N3O2. The van der Waals surface area contributed by atoms with Crippen LogP contribution >= 0.6 is 0 Å². The number of amides is 1. The van der Waals surface area contributed by atoms with Crippen LogP contribution in [0.3, 0.4) is 0 Å². The lowest BCUT2D eigenvalue weighted by Gasteiger charge is -2.07. The number of nitrogens with one attached hydrogen (secondary N) is 1. The third kappa shape index (κ3) is 4.55. The Morgan fingerprint density at radius 2 is 1.77 bits per heavy atom. The van der Waals surface area contributed by atoms with Crippen LogP contribution < -0.4 is 10.1 Å². The molecule has 2 aromatic rings. The summed E-state index contributed by atoms with van der Waals surface area (Å²) in [5, 5.41) is 2.71. The average molecular weight is 299 g/mol. The number of rotatable bonds is 6. The number of hydrogen-bond acceptors (Lipinski definition) is 4. The highest BCUT2D eigenvalue weighted by atomic mass is 16.5. The van der Waals surface area contributed by atoms with Crippen molar-refractivity contribution in [1.82, 2.24) is 9.97 Å². The molecule has 0 spiro atoms. The van der Waals surface area contributed by atoms with Gasteiger partial charge in [-0.05, 0) is 50.6 Å². The van der Waals surface area contributed by atoms with Crippen LogP contribution in [0.2, 0.25) is 0 Å². The van der Waals surface area contributed by atoms with E-state index in [1.165, 1.54) is 0 Å². The number of carbonyl (C=O) groups is 1. The normalized spacial score (nSPS) is 10.3. The van der Waals surface area contributed by atoms with Gasteiger partial charge in [-0.15, -0.1) is 0 Å². The molecule has 1 aromatic heterocycles. The van der Waals surface area contributed by atoms with E-state index in [9.17, 15) is 4.79 Å². The summed E-state index contributed by atoms with van der Waals surface area (Å²) in [5.41, 5.74) is 2.19. The van der Waals surface area contributed by atoms with E-state index in [2.05, 4.69) is 22.2 Å². The van der Waals surface area contributed by atoms with Crippen molar-refractivity contribution in [2.75, 3.05) is 11.9 Å². The maximum Gasteiger partial charge on any atom is 0.258 e. The van der Waals surface area contributed by atoms with E-state index in [-0.39, 0.29) is 5.91 Å². The van der Waals surface area contributed by atoms with E-state index in [1.807, 2.05) is 19.9 Å². The quantitative estimate of drug-likeness (QED) is 0.829. The standard InChI is InChI=1S/C17H21N3O2/c1-4-5-10-22-15-8-6-14(7-9-15)16(21)20-17-18-12(2)11-13(3)19-17/h6-9,11H,4-5,10H2,1-3H3,(H,18,19,20,21). The lowest BCUT2D eigenvalue weighted by Crippen LogP contribution is -2.14. The molecule has 5 heteroatoms. The van der Waals surface area contributed by atoms with E-state index < -0.39 is 0 Å². The van der Waals surface area contributed by atoms with E-state index >= 15 is 0 Å². The molecule has 5 nitrogen and oxygen atoms in total. The number of carbonyl (C=O) groups excluding carboxylic acids is 1. The van der Waals surface area contributed by atoms with Crippen LogP contribution in [-0.4, -0.2) is 22.5 Å². The number of aromatic nitrogens is 2. The van der Waals surface area contributed by atoms with Gasteiger partial charge in [0.15, 0.2) is 0 Å². The highest BCUT2D eigenvalue weighted by Gasteiger charge is 2.08. The van der Waals surface area contributed by atoms with Crippen LogP contribution in [-0.2, 0) is 0 Å². The van der Waals surface area contributed by atoms with Crippen molar-refractivity contribution in [1.29, 1.82) is 0 Å². The molecule has 0 fully saturated rings. The van der Waals surface area contributed by atoms with Gasteiger partial charge in [0, 0.05) is 17.0 Å². The van der Waals surface area contributed by atoms with Crippen LogP contribution in [0.4, 0.5) is 5.95 Å². The number of hydrogen-bond donors (Lipinski definition) is 1. The Bertz CT molecular complexity index is 619. The van der Waals surface area contributed by atoms with Crippen molar-refractivity contribution >= 4 is 11.9 Å². The molecule has 0 saturated carbocycles. The Morgan fingerprint density at radius 3 is 2.36 bits per heavy atom. The lowest BCUT2D eigenvalue weighted by molar-refractivity contribution is 0.102. The number of nitrogens with zero attached hydrogens (tertiary/aromatic N) is 2. The Morgan fingerprint density at radius 1 is 1.14 bits per heavy atom. The molecule has 0 aliphatic heterocycles. The van der Waals surface area contributed by atoms with E-state index in [4.69, 9.17) is 4.74 Å².